The smallest absolute Gasteiger partial charge is 0.204 e. The molecule has 0 fully saturated rings. The first-order valence-electron chi connectivity index (χ1n) is 5.88. The molecule has 1 aliphatic rings. The predicted molar refractivity (Wildman–Crippen MR) is 73.6 cm³/mol. The van der Waals surface area contributed by atoms with Crippen LogP contribution in [0.5, 0.6) is 0 Å². The maximum absolute atomic E-state index is 12.4. The number of fused-ring (bicyclic) bond motifs is 1. The highest BCUT2D eigenvalue weighted by Gasteiger charge is 2.21. The van der Waals surface area contributed by atoms with Crippen molar-refractivity contribution >= 4 is 28.5 Å². The topological polar surface area (TPSA) is 17.1 Å². The SMILES string of the molecule is Cc1cc(C(=O)c2cc3c(s2)CCC3)c(C)s1. The number of carbonyl (C=O) groups is 1. The molecule has 0 bridgehead atoms. The van der Waals surface area contributed by atoms with Crippen molar-refractivity contribution in [2.75, 3.05) is 0 Å². The fourth-order valence-electron chi connectivity index (χ4n) is 2.43. The molecule has 0 atom stereocenters. The summed E-state index contributed by atoms with van der Waals surface area (Å²) >= 11 is 3.40. The van der Waals surface area contributed by atoms with Crippen molar-refractivity contribution in [3.8, 4) is 0 Å². The fraction of sp³-hybridized carbons (Fsp3) is 0.357. The van der Waals surface area contributed by atoms with Crippen LogP contribution in [-0.2, 0) is 12.8 Å². The molecule has 0 saturated carbocycles. The molecule has 0 amide bonds. The number of carbonyl (C=O) groups excluding carboxylic acids is 1. The van der Waals surface area contributed by atoms with Crippen LogP contribution in [-0.4, -0.2) is 5.78 Å². The molecule has 0 unspecified atom stereocenters. The van der Waals surface area contributed by atoms with E-state index in [0.29, 0.717) is 0 Å². The second kappa shape index (κ2) is 4.07. The van der Waals surface area contributed by atoms with Crippen molar-refractivity contribution in [3.63, 3.8) is 0 Å². The molecule has 17 heavy (non-hydrogen) atoms. The lowest BCUT2D eigenvalue weighted by Gasteiger charge is -1.96. The molecule has 3 heteroatoms. The standard InChI is InChI=1S/C14H14OS2/c1-8-6-11(9(2)16-8)14(15)13-7-10-4-3-5-12(10)17-13/h6-7H,3-5H2,1-2H3. The van der Waals surface area contributed by atoms with Crippen molar-refractivity contribution in [2.24, 2.45) is 0 Å². The highest BCUT2D eigenvalue weighted by molar-refractivity contribution is 7.15. The molecule has 0 N–H and O–H groups in total. The molecule has 2 heterocycles. The maximum Gasteiger partial charge on any atom is 0.204 e. The molecule has 2 aromatic rings. The van der Waals surface area contributed by atoms with Crippen LogP contribution in [0.2, 0.25) is 0 Å². The predicted octanol–water partition coefficient (Wildman–Crippen LogP) is 4.15. The summed E-state index contributed by atoms with van der Waals surface area (Å²) in [5.74, 6) is 0.214. The van der Waals surface area contributed by atoms with E-state index < -0.39 is 0 Å². The molecule has 0 spiro atoms. The number of ketones is 1. The largest absolute Gasteiger partial charge is 0.288 e. The van der Waals surface area contributed by atoms with Crippen LogP contribution in [0, 0.1) is 13.8 Å². The Labute approximate surface area is 109 Å². The van der Waals surface area contributed by atoms with Gasteiger partial charge in [0.15, 0.2) is 0 Å². The number of hydrogen-bond donors (Lipinski definition) is 0. The summed E-state index contributed by atoms with van der Waals surface area (Å²) in [6.07, 6.45) is 3.57. The van der Waals surface area contributed by atoms with Crippen LogP contribution < -0.4 is 0 Å². The normalized spacial score (nSPS) is 14.0. The van der Waals surface area contributed by atoms with E-state index in [1.165, 1.54) is 21.7 Å². The number of hydrogen-bond acceptors (Lipinski definition) is 3. The molecule has 1 nitrogen and oxygen atoms in total. The number of thiophene rings is 2. The minimum absolute atomic E-state index is 0.214. The van der Waals surface area contributed by atoms with Gasteiger partial charge in [-0.1, -0.05) is 0 Å². The summed E-state index contributed by atoms with van der Waals surface area (Å²) in [5, 5.41) is 0. The Balaban J connectivity index is 1.98. The Hall–Kier alpha value is -0.930. The van der Waals surface area contributed by atoms with Crippen LogP contribution in [0.25, 0.3) is 0 Å². The van der Waals surface area contributed by atoms with Crippen LogP contribution in [0.15, 0.2) is 12.1 Å². The minimum Gasteiger partial charge on any atom is -0.288 e. The van der Waals surface area contributed by atoms with E-state index in [1.807, 2.05) is 13.0 Å². The Morgan fingerprint density at radius 2 is 2.00 bits per heavy atom. The minimum atomic E-state index is 0.214. The zero-order valence-corrected chi connectivity index (χ0v) is 11.6. The summed E-state index contributed by atoms with van der Waals surface area (Å²) in [6, 6.07) is 4.13. The van der Waals surface area contributed by atoms with E-state index in [9.17, 15) is 4.79 Å². The van der Waals surface area contributed by atoms with Crippen molar-refractivity contribution in [3.05, 3.63) is 42.8 Å². The second-order valence-corrected chi connectivity index (χ2v) is 7.17. The van der Waals surface area contributed by atoms with Gasteiger partial charge in [0, 0.05) is 20.2 Å². The quantitative estimate of drug-likeness (QED) is 0.743. The van der Waals surface area contributed by atoms with Crippen molar-refractivity contribution in [1.82, 2.24) is 0 Å². The third-order valence-corrected chi connectivity index (χ3v) is 5.46. The van der Waals surface area contributed by atoms with Gasteiger partial charge in [0.2, 0.25) is 5.78 Å². The second-order valence-electron chi connectivity index (χ2n) is 4.57. The Morgan fingerprint density at radius 1 is 1.18 bits per heavy atom. The molecular formula is C14H14OS2. The summed E-state index contributed by atoms with van der Waals surface area (Å²) in [7, 11) is 0. The van der Waals surface area contributed by atoms with E-state index in [4.69, 9.17) is 0 Å². The van der Waals surface area contributed by atoms with Crippen LogP contribution in [0.1, 0.15) is 41.9 Å². The van der Waals surface area contributed by atoms with Gasteiger partial charge in [-0.3, -0.25) is 4.79 Å². The van der Waals surface area contributed by atoms with Crippen LogP contribution in [0.3, 0.4) is 0 Å². The molecule has 0 aliphatic heterocycles. The molecule has 0 aromatic carbocycles. The zero-order chi connectivity index (χ0) is 12.0. The Kier molecular flexibility index (Phi) is 2.68. The van der Waals surface area contributed by atoms with Crippen LogP contribution >= 0.6 is 22.7 Å². The van der Waals surface area contributed by atoms with Gasteiger partial charge >= 0.3 is 0 Å². The lowest BCUT2D eigenvalue weighted by Crippen LogP contribution is -1.98. The molecular weight excluding hydrogens is 248 g/mol. The number of aryl methyl sites for hydroxylation is 4. The maximum atomic E-state index is 12.4. The van der Waals surface area contributed by atoms with E-state index in [2.05, 4.69) is 13.0 Å². The monoisotopic (exact) mass is 262 g/mol. The lowest BCUT2D eigenvalue weighted by atomic mass is 10.1. The molecule has 0 radical (unpaired) electrons. The summed E-state index contributed by atoms with van der Waals surface area (Å²) in [4.78, 5) is 17.1. The summed E-state index contributed by atoms with van der Waals surface area (Å²) in [5.41, 5.74) is 2.30. The van der Waals surface area contributed by atoms with Gasteiger partial charge in [0.1, 0.15) is 0 Å². The molecule has 0 saturated heterocycles. The third-order valence-electron chi connectivity index (χ3n) is 3.26. The van der Waals surface area contributed by atoms with Crippen LogP contribution in [0.4, 0.5) is 0 Å². The highest BCUT2D eigenvalue weighted by atomic mass is 32.1. The van der Waals surface area contributed by atoms with E-state index in [-0.39, 0.29) is 5.78 Å². The zero-order valence-electron chi connectivity index (χ0n) is 10.0. The van der Waals surface area contributed by atoms with E-state index in [0.717, 1.165) is 28.2 Å². The van der Waals surface area contributed by atoms with Gasteiger partial charge in [-0.25, -0.2) is 0 Å². The van der Waals surface area contributed by atoms with Crippen molar-refractivity contribution < 1.29 is 4.79 Å². The fourth-order valence-corrected chi connectivity index (χ4v) is 4.56. The van der Waals surface area contributed by atoms with Crippen molar-refractivity contribution in [2.45, 2.75) is 33.1 Å². The molecule has 2 aromatic heterocycles. The van der Waals surface area contributed by atoms with Gasteiger partial charge in [-0.15, -0.1) is 22.7 Å². The molecule has 1 aliphatic carbocycles. The first-order chi connectivity index (χ1) is 8.15. The van der Waals surface area contributed by atoms with Gasteiger partial charge in [-0.05, 0) is 50.8 Å². The highest BCUT2D eigenvalue weighted by Crippen LogP contribution is 2.33. The van der Waals surface area contributed by atoms with E-state index in [1.54, 1.807) is 22.7 Å². The van der Waals surface area contributed by atoms with Crippen molar-refractivity contribution in [1.29, 1.82) is 0 Å². The lowest BCUT2D eigenvalue weighted by molar-refractivity contribution is 0.104. The van der Waals surface area contributed by atoms with E-state index >= 15 is 0 Å². The van der Waals surface area contributed by atoms with Gasteiger partial charge < -0.3 is 0 Å². The Bertz CT molecular complexity index is 568. The van der Waals surface area contributed by atoms with Gasteiger partial charge in [0.25, 0.3) is 0 Å². The summed E-state index contributed by atoms with van der Waals surface area (Å²) < 4.78 is 0. The molecule has 88 valence electrons. The first-order valence-corrected chi connectivity index (χ1v) is 7.52. The Morgan fingerprint density at radius 3 is 2.65 bits per heavy atom. The third kappa shape index (κ3) is 1.87. The van der Waals surface area contributed by atoms with Gasteiger partial charge in [0.05, 0.1) is 4.88 Å². The summed E-state index contributed by atoms with van der Waals surface area (Å²) in [6.45, 7) is 4.09. The average Bonchev–Trinajstić information content (AvgIpc) is 2.90. The molecule has 3 rings (SSSR count). The number of rotatable bonds is 2. The van der Waals surface area contributed by atoms with Gasteiger partial charge in [-0.2, -0.15) is 0 Å². The average molecular weight is 262 g/mol. The first kappa shape index (κ1) is 11.2.